The minimum absolute atomic E-state index is 0.293. The second kappa shape index (κ2) is 5.00. The molecule has 18 heavy (non-hydrogen) atoms. The third-order valence-electron chi connectivity index (χ3n) is 2.58. The molecule has 2 rings (SSSR count). The summed E-state index contributed by atoms with van der Waals surface area (Å²) in [5.41, 5.74) is 0.401. The molecule has 4 nitrogen and oxygen atoms in total. The molecule has 1 saturated heterocycles. The molecule has 1 aliphatic rings. The van der Waals surface area contributed by atoms with Crippen molar-refractivity contribution < 1.29 is 9.59 Å². The Hall–Kier alpha value is -1.52. The van der Waals surface area contributed by atoms with Crippen molar-refractivity contribution in [3.63, 3.8) is 0 Å². The van der Waals surface area contributed by atoms with E-state index in [0.717, 1.165) is 4.90 Å². The summed E-state index contributed by atoms with van der Waals surface area (Å²) in [6.07, 6.45) is 1.98. The topological polar surface area (TPSA) is 49.4 Å². The summed E-state index contributed by atoms with van der Waals surface area (Å²) >= 11 is 11.7. The Kier molecular flexibility index (Phi) is 3.59. The summed E-state index contributed by atoms with van der Waals surface area (Å²) < 4.78 is 0. The van der Waals surface area contributed by atoms with Crippen LogP contribution in [0, 0.1) is 0 Å². The molecule has 1 fully saturated rings. The Bertz CT molecular complexity index is 531. The number of halogens is 2. The van der Waals surface area contributed by atoms with Crippen molar-refractivity contribution in [3.8, 4) is 0 Å². The van der Waals surface area contributed by atoms with Crippen molar-refractivity contribution in [1.29, 1.82) is 0 Å². The molecule has 6 heteroatoms. The van der Waals surface area contributed by atoms with Crippen LogP contribution in [0.5, 0.6) is 0 Å². The van der Waals surface area contributed by atoms with Gasteiger partial charge in [0, 0.05) is 0 Å². The number of nitrogens with one attached hydrogen (secondary N) is 1. The van der Waals surface area contributed by atoms with Gasteiger partial charge in [-0.2, -0.15) is 0 Å². The highest BCUT2D eigenvalue weighted by molar-refractivity contribution is 6.42. The Morgan fingerprint density at radius 2 is 2.06 bits per heavy atom. The van der Waals surface area contributed by atoms with Gasteiger partial charge in [-0.3, -0.25) is 4.79 Å². The average molecular weight is 285 g/mol. The molecule has 0 saturated carbocycles. The first kappa shape index (κ1) is 12.9. The van der Waals surface area contributed by atoms with Gasteiger partial charge in [-0.25, -0.2) is 9.69 Å². The highest BCUT2D eigenvalue weighted by Gasteiger charge is 2.38. The number of carbonyl (C=O) groups is 2. The van der Waals surface area contributed by atoms with Crippen molar-refractivity contribution >= 4 is 40.8 Å². The number of carbonyl (C=O) groups excluding carboxylic acids is 2. The molecule has 0 radical (unpaired) electrons. The van der Waals surface area contributed by atoms with Crippen molar-refractivity contribution in [2.24, 2.45) is 0 Å². The zero-order chi connectivity index (χ0) is 13.3. The van der Waals surface area contributed by atoms with Crippen LogP contribution >= 0.6 is 23.2 Å². The van der Waals surface area contributed by atoms with Gasteiger partial charge in [0.05, 0.1) is 15.7 Å². The standard InChI is InChI=1S/C12H10Cl2N2O2/c1-2-3-10-11(17)16(12(18)15-10)7-4-5-8(13)9(14)6-7/h2,4-6,10H,1,3H2,(H,15,18). The Balaban J connectivity index is 2.32. The molecule has 1 aliphatic heterocycles. The molecule has 1 N–H and O–H groups in total. The molecule has 3 amide bonds. The van der Waals surface area contributed by atoms with Crippen LogP contribution in [0.2, 0.25) is 10.0 Å². The molecule has 0 bridgehead atoms. The Morgan fingerprint density at radius 1 is 1.33 bits per heavy atom. The van der Waals surface area contributed by atoms with E-state index < -0.39 is 12.1 Å². The zero-order valence-electron chi connectivity index (χ0n) is 9.32. The fourth-order valence-corrected chi connectivity index (χ4v) is 2.02. The maximum absolute atomic E-state index is 12.0. The maximum atomic E-state index is 12.0. The van der Waals surface area contributed by atoms with Crippen molar-refractivity contribution in [2.45, 2.75) is 12.5 Å². The lowest BCUT2D eigenvalue weighted by molar-refractivity contribution is -0.118. The van der Waals surface area contributed by atoms with Gasteiger partial charge in [-0.15, -0.1) is 6.58 Å². The summed E-state index contributed by atoms with van der Waals surface area (Å²) in [5, 5.41) is 3.24. The second-order valence-corrected chi connectivity index (χ2v) is 4.61. The zero-order valence-corrected chi connectivity index (χ0v) is 10.8. The number of urea groups is 1. The lowest BCUT2D eigenvalue weighted by atomic mass is 10.2. The summed E-state index contributed by atoms with van der Waals surface area (Å²) in [4.78, 5) is 24.8. The Labute approximate surface area is 114 Å². The van der Waals surface area contributed by atoms with E-state index in [1.807, 2.05) is 0 Å². The number of hydrogen-bond acceptors (Lipinski definition) is 2. The summed E-state index contributed by atoms with van der Waals surface area (Å²) in [6.45, 7) is 3.55. The number of nitrogens with zero attached hydrogens (tertiary/aromatic N) is 1. The largest absolute Gasteiger partial charge is 0.329 e. The highest BCUT2D eigenvalue weighted by atomic mass is 35.5. The van der Waals surface area contributed by atoms with Gasteiger partial charge in [0.25, 0.3) is 5.91 Å². The second-order valence-electron chi connectivity index (χ2n) is 3.80. The minimum atomic E-state index is -0.565. The fraction of sp³-hybridized carbons (Fsp3) is 0.167. The highest BCUT2D eigenvalue weighted by Crippen LogP contribution is 2.29. The van der Waals surface area contributed by atoms with Gasteiger partial charge in [0.2, 0.25) is 0 Å². The predicted molar refractivity (Wildman–Crippen MR) is 71.1 cm³/mol. The quantitative estimate of drug-likeness (QED) is 0.685. The van der Waals surface area contributed by atoms with E-state index in [-0.39, 0.29) is 5.91 Å². The number of anilines is 1. The van der Waals surface area contributed by atoms with Gasteiger partial charge in [-0.1, -0.05) is 29.3 Å². The third-order valence-corrected chi connectivity index (χ3v) is 3.32. The summed E-state index contributed by atoms with van der Waals surface area (Å²) in [6, 6.07) is 3.56. The lowest BCUT2D eigenvalue weighted by Crippen LogP contribution is -2.31. The van der Waals surface area contributed by atoms with Crippen LogP contribution in [-0.4, -0.2) is 18.0 Å². The molecule has 0 aliphatic carbocycles. The van der Waals surface area contributed by atoms with Gasteiger partial charge in [-0.05, 0) is 24.6 Å². The van der Waals surface area contributed by atoms with Crippen LogP contribution in [0.3, 0.4) is 0 Å². The molecule has 1 aromatic rings. The monoisotopic (exact) mass is 284 g/mol. The smallest absolute Gasteiger partial charge is 0.325 e. The third kappa shape index (κ3) is 2.21. The first-order valence-corrected chi connectivity index (χ1v) is 6.00. The number of hydrogen-bond donors (Lipinski definition) is 1. The normalized spacial score (nSPS) is 19.0. The molecule has 0 spiro atoms. The van der Waals surface area contributed by atoms with Crippen molar-refractivity contribution in [2.75, 3.05) is 4.90 Å². The van der Waals surface area contributed by atoms with Crippen LogP contribution in [0.4, 0.5) is 10.5 Å². The van der Waals surface area contributed by atoms with Crippen LogP contribution < -0.4 is 10.2 Å². The molecular formula is C12H10Cl2N2O2. The summed E-state index contributed by atoms with van der Waals surface area (Å²) in [7, 11) is 0. The molecule has 94 valence electrons. The average Bonchev–Trinajstić information content (AvgIpc) is 2.59. The SMILES string of the molecule is C=CCC1NC(=O)N(c2ccc(Cl)c(Cl)c2)C1=O. The van der Waals surface area contributed by atoms with Crippen LogP contribution in [-0.2, 0) is 4.79 Å². The van der Waals surface area contributed by atoms with E-state index in [0.29, 0.717) is 22.2 Å². The van der Waals surface area contributed by atoms with E-state index in [4.69, 9.17) is 23.2 Å². The number of rotatable bonds is 3. The van der Waals surface area contributed by atoms with Crippen LogP contribution in [0.1, 0.15) is 6.42 Å². The molecule has 0 aromatic heterocycles. The predicted octanol–water partition coefficient (Wildman–Crippen LogP) is 2.99. The summed E-state index contributed by atoms with van der Waals surface area (Å²) in [5.74, 6) is -0.321. The van der Waals surface area contributed by atoms with Gasteiger partial charge >= 0.3 is 6.03 Å². The molecule has 1 aromatic carbocycles. The maximum Gasteiger partial charge on any atom is 0.329 e. The van der Waals surface area contributed by atoms with E-state index in [1.54, 1.807) is 18.2 Å². The molecule has 1 heterocycles. The van der Waals surface area contributed by atoms with E-state index in [9.17, 15) is 9.59 Å². The van der Waals surface area contributed by atoms with E-state index >= 15 is 0 Å². The minimum Gasteiger partial charge on any atom is -0.325 e. The van der Waals surface area contributed by atoms with E-state index in [1.165, 1.54) is 6.07 Å². The van der Waals surface area contributed by atoms with Gasteiger partial charge in [0.1, 0.15) is 6.04 Å². The van der Waals surface area contributed by atoms with Crippen molar-refractivity contribution in [3.05, 3.63) is 40.9 Å². The molecule has 1 atom stereocenters. The number of imide groups is 1. The Morgan fingerprint density at radius 3 is 2.67 bits per heavy atom. The van der Waals surface area contributed by atoms with Gasteiger partial charge in [0.15, 0.2) is 0 Å². The lowest BCUT2D eigenvalue weighted by Gasteiger charge is -2.13. The fourth-order valence-electron chi connectivity index (χ4n) is 1.73. The first-order chi connectivity index (χ1) is 8.54. The van der Waals surface area contributed by atoms with Crippen LogP contribution in [0.25, 0.3) is 0 Å². The molecular weight excluding hydrogens is 275 g/mol. The van der Waals surface area contributed by atoms with Crippen molar-refractivity contribution in [1.82, 2.24) is 5.32 Å². The number of benzene rings is 1. The number of amides is 3. The van der Waals surface area contributed by atoms with E-state index in [2.05, 4.69) is 11.9 Å². The van der Waals surface area contributed by atoms with Gasteiger partial charge < -0.3 is 5.32 Å². The van der Waals surface area contributed by atoms with Crippen LogP contribution in [0.15, 0.2) is 30.9 Å². The molecule has 1 unspecified atom stereocenters. The first-order valence-electron chi connectivity index (χ1n) is 5.25.